The number of nitrogens with zero attached hydrogens (tertiary/aromatic N) is 4. The van der Waals surface area contributed by atoms with E-state index in [1.165, 1.54) is 5.56 Å². The highest BCUT2D eigenvalue weighted by atomic mass is 15.1. The minimum Gasteiger partial charge on any atom is -0.313 e. The molecule has 0 saturated heterocycles. The van der Waals surface area contributed by atoms with Crippen LogP contribution in [0.5, 0.6) is 0 Å². The predicted octanol–water partition coefficient (Wildman–Crippen LogP) is 3.75. The van der Waals surface area contributed by atoms with Crippen LogP contribution in [0.3, 0.4) is 0 Å². The molecule has 0 aliphatic carbocycles. The van der Waals surface area contributed by atoms with Crippen molar-refractivity contribution in [3.8, 4) is 0 Å². The van der Waals surface area contributed by atoms with Gasteiger partial charge in [0, 0.05) is 30.0 Å². The van der Waals surface area contributed by atoms with Gasteiger partial charge in [-0.25, -0.2) is 9.97 Å². The second kappa shape index (κ2) is 5.64. The highest BCUT2D eigenvalue weighted by molar-refractivity contribution is 5.71. The van der Waals surface area contributed by atoms with Gasteiger partial charge in [-0.2, -0.15) is 0 Å². The number of pyridine rings is 2. The van der Waals surface area contributed by atoms with Gasteiger partial charge < -0.3 is 4.57 Å². The molecule has 0 bridgehead atoms. The maximum absolute atomic E-state index is 4.59. The number of hydrogen-bond donors (Lipinski definition) is 0. The maximum Gasteiger partial charge on any atom is 0.160 e. The van der Waals surface area contributed by atoms with Gasteiger partial charge in [0.25, 0.3) is 0 Å². The summed E-state index contributed by atoms with van der Waals surface area (Å²) in [4.78, 5) is 13.5. The molecular formula is C17H20N4. The largest absolute Gasteiger partial charge is 0.313 e. The van der Waals surface area contributed by atoms with Crippen LogP contribution in [0, 0.1) is 0 Å². The van der Waals surface area contributed by atoms with Crippen molar-refractivity contribution in [1.82, 2.24) is 19.5 Å². The molecule has 1 atom stereocenters. The Hall–Kier alpha value is -2.23. The van der Waals surface area contributed by atoms with E-state index in [1.807, 2.05) is 30.9 Å². The quantitative estimate of drug-likeness (QED) is 0.731. The molecule has 0 spiro atoms. The average Bonchev–Trinajstić information content (AvgIpc) is 2.91. The summed E-state index contributed by atoms with van der Waals surface area (Å²) in [6, 6.07) is 8.57. The van der Waals surface area contributed by atoms with Gasteiger partial charge in [0.15, 0.2) is 5.65 Å². The second-order valence-electron chi connectivity index (χ2n) is 5.79. The molecule has 3 aromatic heterocycles. The highest BCUT2D eigenvalue weighted by Gasteiger charge is 2.11. The van der Waals surface area contributed by atoms with Gasteiger partial charge in [-0.15, -0.1) is 0 Å². The fourth-order valence-corrected chi connectivity index (χ4v) is 2.58. The van der Waals surface area contributed by atoms with E-state index in [0.29, 0.717) is 12.0 Å². The van der Waals surface area contributed by atoms with Gasteiger partial charge >= 0.3 is 0 Å². The van der Waals surface area contributed by atoms with Gasteiger partial charge in [0.05, 0.1) is 6.33 Å². The van der Waals surface area contributed by atoms with Crippen molar-refractivity contribution in [2.45, 2.75) is 39.2 Å². The van der Waals surface area contributed by atoms with Gasteiger partial charge in [0.1, 0.15) is 5.52 Å². The summed E-state index contributed by atoms with van der Waals surface area (Å²) >= 11 is 0. The molecule has 3 rings (SSSR count). The van der Waals surface area contributed by atoms with E-state index in [-0.39, 0.29) is 0 Å². The first-order valence-electron chi connectivity index (χ1n) is 7.37. The topological polar surface area (TPSA) is 43.6 Å². The third kappa shape index (κ3) is 2.79. The fraction of sp³-hybridized carbons (Fsp3) is 0.353. The Labute approximate surface area is 124 Å². The molecule has 4 nitrogen and oxygen atoms in total. The van der Waals surface area contributed by atoms with Crippen LogP contribution in [0.1, 0.15) is 44.0 Å². The minimum atomic E-state index is 0.373. The Balaban J connectivity index is 1.85. The van der Waals surface area contributed by atoms with Crippen LogP contribution in [0.15, 0.2) is 43.0 Å². The lowest BCUT2D eigenvalue weighted by Gasteiger charge is -2.11. The van der Waals surface area contributed by atoms with Crippen molar-refractivity contribution < 1.29 is 0 Å². The maximum atomic E-state index is 4.59. The van der Waals surface area contributed by atoms with Crippen LogP contribution >= 0.6 is 0 Å². The van der Waals surface area contributed by atoms with Crippen LogP contribution in [-0.2, 0) is 6.42 Å². The van der Waals surface area contributed by atoms with Gasteiger partial charge in [-0.3, -0.25) is 4.98 Å². The lowest BCUT2D eigenvalue weighted by atomic mass is 9.98. The van der Waals surface area contributed by atoms with E-state index < -0.39 is 0 Å². The Morgan fingerprint density at radius 3 is 2.67 bits per heavy atom. The molecule has 0 aromatic carbocycles. The molecule has 21 heavy (non-hydrogen) atoms. The number of rotatable bonds is 4. The molecule has 0 fully saturated rings. The number of hydrogen-bond acceptors (Lipinski definition) is 3. The Morgan fingerprint density at radius 1 is 1.10 bits per heavy atom. The van der Waals surface area contributed by atoms with Crippen molar-refractivity contribution in [1.29, 1.82) is 0 Å². The van der Waals surface area contributed by atoms with Gasteiger partial charge in [-0.1, -0.05) is 13.0 Å². The Kier molecular flexibility index (Phi) is 3.69. The van der Waals surface area contributed by atoms with Crippen molar-refractivity contribution >= 4 is 11.2 Å². The van der Waals surface area contributed by atoms with Crippen molar-refractivity contribution in [2.24, 2.45) is 0 Å². The molecule has 0 amide bonds. The van der Waals surface area contributed by atoms with Crippen molar-refractivity contribution in [2.75, 3.05) is 0 Å². The zero-order valence-electron chi connectivity index (χ0n) is 12.7. The van der Waals surface area contributed by atoms with Crippen LogP contribution in [0.2, 0.25) is 0 Å². The minimum absolute atomic E-state index is 0.373. The fourth-order valence-electron chi connectivity index (χ4n) is 2.58. The summed E-state index contributed by atoms with van der Waals surface area (Å²) < 4.78 is 2.10. The Bertz CT molecular complexity index is 731. The molecule has 3 aromatic rings. The van der Waals surface area contributed by atoms with E-state index in [9.17, 15) is 0 Å². The lowest BCUT2D eigenvalue weighted by molar-refractivity contribution is 0.612. The predicted molar refractivity (Wildman–Crippen MR) is 84.3 cm³/mol. The van der Waals surface area contributed by atoms with E-state index in [2.05, 4.69) is 52.4 Å². The molecule has 3 heterocycles. The monoisotopic (exact) mass is 280 g/mol. The van der Waals surface area contributed by atoms with Gasteiger partial charge in [-0.05, 0) is 44.0 Å². The average molecular weight is 280 g/mol. The standard InChI is InChI=1S/C17H20N4/c1-12(2)21-11-20-16-9-14(10-19-17(16)21)8-13(3)15-6-4-5-7-18-15/h4-7,9-13H,8H2,1-3H3. The number of aromatic nitrogens is 4. The van der Waals surface area contributed by atoms with Gasteiger partial charge in [0.2, 0.25) is 0 Å². The first-order valence-corrected chi connectivity index (χ1v) is 7.37. The number of imidazole rings is 1. The molecule has 0 saturated carbocycles. The summed E-state index contributed by atoms with van der Waals surface area (Å²) in [7, 11) is 0. The highest BCUT2D eigenvalue weighted by Crippen LogP contribution is 2.21. The van der Waals surface area contributed by atoms with Crippen LogP contribution in [0.25, 0.3) is 11.2 Å². The number of fused-ring (bicyclic) bond motifs is 1. The van der Waals surface area contributed by atoms with Crippen LogP contribution in [0.4, 0.5) is 0 Å². The van der Waals surface area contributed by atoms with E-state index in [1.54, 1.807) is 0 Å². The molecule has 0 aliphatic heterocycles. The summed E-state index contributed by atoms with van der Waals surface area (Å²) in [6.07, 6.45) is 6.60. The molecule has 0 aliphatic rings. The zero-order valence-corrected chi connectivity index (χ0v) is 12.7. The van der Waals surface area contributed by atoms with E-state index in [4.69, 9.17) is 0 Å². The molecule has 108 valence electrons. The van der Waals surface area contributed by atoms with Crippen molar-refractivity contribution in [3.05, 3.63) is 54.2 Å². The van der Waals surface area contributed by atoms with E-state index >= 15 is 0 Å². The first-order chi connectivity index (χ1) is 10.1. The SMILES string of the molecule is CC(Cc1cnc2c(c1)ncn2C(C)C)c1ccccn1. The second-order valence-corrected chi connectivity index (χ2v) is 5.79. The first kappa shape index (κ1) is 13.7. The molecule has 0 radical (unpaired) electrons. The smallest absolute Gasteiger partial charge is 0.160 e. The summed E-state index contributed by atoms with van der Waals surface area (Å²) in [5.74, 6) is 0.373. The molecule has 1 unspecified atom stereocenters. The summed E-state index contributed by atoms with van der Waals surface area (Å²) in [5.41, 5.74) is 4.24. The summed E-state index contributed by atoms with van der Waals surface area (Å²) in [5, 5.41) is 0. The van der Waals surface area contributed by atoms with E-state index in [0.717, 1.165) is 23.3 Å². The molecule has 0 N–H and O–H groups in total. The lowest BCUT2D eigenvalue weighted by Crippen LogP contribution is -2.02. The van der Waals surface area contributed by atoms with Crippen LogP contribution < -0.4 is 0 Å². The Morgan fingerprint density at radius 2 is 1.95 bits per heavy atom. The third-order valence-corrected chi connectivity index (χ3v) is 3.76. The van der Waals surface area contributed by atoms with Crippen LogP contribution in [-0.4, -0.2) is 19.5 Å². The summed E-state index contributed by atoms with van der Waals surface area (Å²) in [6.45, 7) is 6.47. The van der Waals surface area contributed by atoms with Crippen molar-refractivity contribution in [3.63, 3.8) is 0 Å². The third-order valence-electron chi connectivity index (χ3n) is 3.76. The normalized spacial score (nSPS) is 13.0. The zero-order chi connectivity index (χ0) is 14.8. The molecular weight excluding hydrogens is 260 g/mol. The molecule has 4 heteroatoms.